The zero-order valence-corrected chi connectivity index (χ0v) is 18.4. The SMILES string of the molecule is CCCOc1c(Cl)cc(C(=O)N2CCC(C(O)c3ccccc3)CC2)cc1OCC. The molecule has 0 bridgehead atoms. The Morgan fingerprint density at radius 2 is 1.87 bits per heavy atom. The van der Waals surface area contributed by atoms with E-state index in [1.807, 2.05) is 49.1 Å². The molecule has 2 aromatic carbocycles. The predicted molar refractivity (Wildman–Crippen MR) is 118 cm³/mol. The quantitative estimate of drug-likeness (QED) is 0.630. The molecule has 6 heteroatoms. The second-order valence-corrected chi connectivity index (χ2v) is 7.96. The average Bonchev–Trinajstić information content (AvgIpc) is 2.78. The molecule has 1 heterocycles. The van der Waals surface area contributed by atoms with Gasteiger partial charge in [-0.2, -0.15) is 0 Å². The standard InChI is InChI=1S/C24H30ClNO4/c1-3-14-30-23-20(25)15-19(16-21(23)29-4-2)24(28)26-12-10-18(11-13-26)22(27)17-8-6-5-7-9-17/h5-9,15-16,18,22,27H,3-4,10-14H2,1-2H3. The summed E-state index contributed by atoms with van der Waals surface area (Å²) in [6.45, 7) is 6.09. The van der Waals surface area contributed by atoms with Crippen LogP contribution in [0.2, 0.25) is 5.02 Å². The number of amides is 1. The molecule has 162 valence electrons. The van der Waals surface area contributed by atoms with Gasteiger partial charge in [-0.05, 0) is 49.8 Å². The Morgan fingerprint density at radius 3 is 2.50 bits per heavy atom. The normalized spacial score (nSPS) is 15.7. The highest BCUT2D eigenvalue weighted by Crippen LogP contribution is 2.38. The molecule has 1 unspecified atom stereocenters. The number of piperidine rings is 1. The Labute approximate surface area is 183 Å². The number of likely N-dealkylation sites (tertiary alicyclic amines) is 1. The monoisotopic (exact) mass is 431 g/mol. The summed E-state index contributed by atoms with van der Waals surface area (Å²) in [4.78, 5) is 14.9. The van der Waals surface area contributed by atoms with Gasteiger partial charge >= 0.3 is 0 Å². The predicted octanol–water partition coefficient (Wildman–Crippen LogP) is 5.11. The van der Waals surface area contributed by atoms with Crippen LogP contribution in [-0.2, 0) is 0 Å². The molecule has 1 fully saturated rings. The number of hydrogen-bond donors (Lipinski definition) is 1. The molecule has 1 atom stereocenters. The molecule has 0 radical (unpaired) electrons. The van der Waals surface area contributed by atoms with Crippen molar-refractivity contribution in [3.8, 4) is 11.5 Å². The largest absolute Gasteiger partial charge is 0.490 e. The lowest BCUT2D eigenvalue weighted by molar-refractivity contribution is 0.0462. The van der Waals surface area contributed by atoms with Crippen LogP contribution in [0.15, 0.2) is 42.5 Å². The lowest BCUT2D eigenvalue weighted by Crippen LogP contribution is -2.39. The van der Waals surface area contributed by atoms with E-state index in [-0.39, 0.29) is 11.8 Å². The molecular formula is C24H30ClNO4. The van der Waals surface area contributed by atoms with Crippen molar-refractivity contribution < 1.29 is 19.4 Å². The minimum absolute atomic E-state index is 0.0763. The molecule has 3 rings (SSSR count). The minimum Gasteiger partial charge on any atom is -0.490 e. The lowest BCUT2D eigenvalue weighted by atomic mass is 9.87. The Bertz CT molecular complexity index is 835. The molecule has 0 saturated carbocycles. The van der Waals surface area contributed by atoms with E-state index in [2.05, 4.69) is 0 Å². The molecule has 5 nitrogen and oxygen atoms in total. The summed E-state index contributed by atoms with van der Waals surface area (Å²) in [5, 5.41) is 11.1. The van der Waals surface area contributed by atoms with Gasteiger partial charge in [0.15, 0.2) is 11.5 Å². The topological polar surface area (TPSA) is 59.0 Å². The van der Waals surface area contributed by atoms with Crippen molar-refractivity contribution in [2.45, 2.75) is 39.2 Å². The van der Waals surface area contributed by atoms with E-state index in [4.69, 9.17) is 21.1 Å². The van der Waals surface area contributed by atoms with E-state index in [0.29, 0.717) is 48.4 Å². The number of aliphatic hydroxyl groups is 1. The van der Waals surface area contributed by atoms with Crippen LogP contribution in [0.3, 0.4) is 0 Å². The molecule has 0 spiro atoms. The van der Waals surface area contributed by atoms with Crippen LogP contribution >= 0.6 is 11.6 Å². The molecule has 1 saturated heterocycles. The maximum absolute atomic E-state index is 13.1. The summed E-state index contributed by atoms with van der Waals surface area (Å²) in [7, 11) is 0. The summed E-state index contributed by atoms with van der Waals surface area (Å²) in [6, 6.07) is 13.1. The number of carbonyl (C=O) groups excluding carboxylic acids is 1. The Balaban J connectivity index is 1.68. The highest BCUT2D eigenvalue weighted by molar-refractivity contribution is 6.32. The first-order chi connectivity index (χ1) is 14.5. The number of hydrogen-bond acceptors (Lipinski definition) is 4. The second-order valence-electron chi connectivity index (χ2n) is 7.55. The van der Waals surface area contributed by atoms with Gasteiger partial charge in [0.1, 0.15) is 0 Å². The molecule has 2 aromatic rings. The maximum Gasteiger partial charge on any atom is 0.254 e. The molecule has 1 aliphatic heterocycles. The van der Waals surface area contributed by atoms with Crippen LogP contribution in [-0.4, -0.2) is 42.2 Å². The molecule has 30 heavy (non-hydrogen) atoms. The van der Waals surface area contributed by atoms with Crippen LogP contribution in [0.1, 0.15) is 55.1 Å². The third-order valence-corrected chi connectivity index (χ3v) is 5.70. The molecule has 0 aromatic heterocycles. The van der Waals surface area contributed by atoms with Gasteiger partial charge < -0.3 is 19.5 Å². The van der Waals surface area contributed by atoms with Gasteiger partial charge in [-0.25, -0.2) is 0 Å². The van der Waals surface area contributed by atoms with Crippen LogP contribution in [0.25, 0.3) is 0 Å². The second kappa shape index (κ2) is 10.7. The van der Waals surface area contributed by atoms with Crippen molar-refractivity contribution in [1.82, 2.24) is 4.90 Å². The minimum atomic E-state index is -0.502. The molecule has 0 aliphatic carbocycles. The molecule has 1 aliphatic rings. The summed E-state index contributed by atoms with van der Waals surface area (Å²) >= 11 is 6.41. The third kappa shape index (κ3) is 5.27. The number of nitrogens with zero attached hydrogens (tertiary/aromatic N) is 1. The highest BCUT2D eigenvalue weighted by atomic mass is 35.5. The van der Waals surface area contributed by atoms with Gasteiger partial charge in [0.05, 0.1) is 24.3 Å². The Kier molecular flexibility index (Phi) is 8.00. The van der Waals surface area contributed by atoms with Crippen molar-refractivity contribution in [2.75, 3.05) is 26.3 Å². The molecule has 1 N–H and O–H groups in total. The summed E-state index contributed by atoms with van der Waals surface area (Å²) < 4.78 is 11.4. The highest BCUT2D eigenvalue weighted by Gasteiger charge is 2.29. The first kappa shape index (κ1) is 22.4. The van der Waals surface area contributed by atoms with Crippen molar-refractivity contribution >= 4 is 17.5 Å². The smallest absolute Gasteiger partial charge is 0.254 e. The van der Waals surface area contributed by atoms with Crippen molar-refractivity contribution in [3.63, 3.8) is 0 Å². The van der Waals surface area contributed by atoms with Crippen LogP contribution in [0.4, 0.5) is 0 Å². The van der Waals surface area contributed by atoms with Gasteiger partial charge in [0.25, 0.3) is 5.91 Å². The van der Waals surface area contributed by atoms with Gasteiger partial charge in [-0.1, -0.05) is 48.9 Å². The van der Waals surface area contributed by atoms with E-state index in [9.17, 15) is 9.90 Å². The number of carbonyl (C=O) groups is 1. The van der Waals surface area contributed by atoms with Crippen LogP contribution in [0, 0.1) is 5.92 Å². The third-order valence-electron chi connectivity index (χ3n) is 5.42. The number of rotatable bonds is 8. The fraction of sp³-hybridized carbons (Fsp3) is 0.458. The molecule has 1 amide bonds. The zero-order chi connectivity index (χ0) is 21.5. The fourth-order valence-electron chi connectivity index (χ4n) is 3.82. The number of halogens is 1. The van der Waals surface area contributed by atoms with Gasteiger partial charge in [0, 0.05) is 18.7 Å². The number of ether oxygens (including phenoxy) is 2. The van der Waals surface area contributed by atoms with Gasteiger partial charge in [-0.15, -0.1) is 0 Å². The Morgan fingerprint density at radius 1 is 1.17 bits per heavy atom. The van der Waals surface area contributed by atoms with E-state index in [1.165, 1.54) is 0 Å². The van der Waals surface area contributed by atoms with Gasteiger partial charge in [-0.3, -0.25) is 4.79 Å². The van der Waals surface area contributed by atoms with Gasteiger partial charge in [0.2, 0.25) is 0 Å². The first-order valence-corrected chi connectivity index (χ1v) is 11.0. The Hall–Kier alpha value is -2.24. The zero-order valence-electron chi connectivity index (χ0n) is 17.6. The van der Waals surface area contributed by atoms with Crippen molar-refractivity contribution in [1.29, 1.82) is 0 Å². The maximum atomic E-state index is 13.1. The number of aliphatic hydroxyl groups excluding tert-OH is 1. The van der Waals surface area contributed by atoms with Crippen molar-refractivity contribution in [2.24, 2.45) is 5.92 Å². The summed E-state index contributed by atoms with van der Waals surface area (Å²) in [5.41, 5.74) is 1.42. The van der Waals surface area contributed by atoms with Crippen molar-refractivity contribution in [3.05, 3.63) is 58.6 Å². The van der Waals surface area contributed by atoms with Crippen LogP contribution in [0.5, 0.6) is 11.5 Å². The summed E-state index contributed by atoms with van der Waals surface area (Å²) in [6.07, 6.45) is 1.86. The summed E-state index contributed by atoms with van der Waals surface area (Å²) in [5.74, 6) is 1.05. The fourth-order valence-corrected chi connectivity index (χ4v) is 4.09. The molecular weight excluding hydrogens is 402 g/mol. The number of benzene rings is 2. The van der Waals surface area contributed by atoms with E-state index in [1.54, 1.807) is 12.1 Å². The first-order valence-electron chi connectivity index (χ1n) is 10.7. The lowest BCUT2D eigenvalue weighted by Gasteiger charge is -2.34. The van der Waals surface area contributed by atoms with E-state index in [0.717, 1.165) is 24.8 Å². The van der Waals surface area contributed by atoms with E-state index < -0.39 is 6.10 Å². The van der Waals surface area contributed by atoms with E-state index >= 15 is 0 Å². The average molecular weight is 432 g/mol. The van der Waals surface area contributed by atoms with Crippen LogP contribution < -0.4 is 9.47 Å².